The van der Waals surface area contributed by atoms with Crippen molar-refractivity contribution in [2.24, 2.45) is 23.7 Å². The molecule has 2 rings (SSSR count). The Labute approximate surface area is 131 Å². The maximum Gasteiger partial charge on any atom is 0.0552 e. The smallest absolute Gasteiger partial charge is 0.0552 e. The largest absolute Gasteiger partial charge is 0.393 e. The van der Waals surface area contributed by atoms with E-state index >= 15 is 0 Å². The van der Waals surface area contributed by atoms with Gasteiger partial charge in [-0.05, 0) is 69.4 Å². The van der Waals surface area contributed by atoms with Crippen LogP contribution in [-0.4, -0.2) is 48.3 Å². The Morgan fingerprint density at radius 3 is 2.48 bits per heavy atom. The summed E-state index contributed by atoms with van der Waals surface area (Å²) in [5.41, 5.74) is 0. The summed E-state index contributed by atoms with van der Waals surface area (Å²) in [5.74, 6) is 3.00. The van der Waals surface area contributed by atoms with Crippen LogP contribution < -0.4 is 5.32 Å². The van der Waals surface area contributed by atoms with Crippen molar-refractivity contribution in [1.29, 1.82) is 0 Å². The Hall–Kier alpha value is -0.120. The predicted molar refractivity (Wildman–Crippen MR) is 89.4 cm³/mol. The van der Waals surface area contributed by atoms with E-state index in [1.807, 2.05) is 6.92 Å². The highest BCUT2D eigenvalue weighted by Crippen LogP contribution is 2.35. The molecule has 0 radical (unpaired) electrons. The van der Waals surface area contributed by atoms with Gasteiger partial charge < -0.3 is 15.3 Å². The molecule has 0 aromatic carbocycles. The van der Waals surface area contributed by atoms with Crippen molar-refractivity contribution < 1.29 is 5.11 Å². The quantitative estimate of drug-likeness (QED) is 0.791. The maximum atomic E-state index is 9.79. The molecule has 1 aliphatic carbocycles. The highest BCUT2D eigenvalue weighted by molar-refractivity contribution is 4.89. The van der Waals surface area contributed by atoms with E-state index in [2.05, 4.69) is 31.0 Å². The first-order valence-corrected chi connectivity index (χ1v) is 9.15. The summed E-state index contributed by atoms with van der Waals surface area (Å²) >= 11 is 0. The molecule has 2 fully saturated rings. The summed E-state index contributed by atoms with van der Waals surface area (Å²) in [6.07, 6.45) is 5.14. The zero-order chi connectivity index (χ0) is 15.4. The molecule has 5 unspecified atom stereocenters. The first-order chi connectivity index (χ1) is 10.0. The fourth-order valence-electron chi connectivity index (χ4n) is 4.39. The van der Waals surface area contributed by atoms with E-state index in [-0.39, 0.29) is 6.10 Å². The normalized spacial score (nSPS) is 36.3. The number of aliphatic hydroxyl groups excluding tert-OH is 1. The van der Waals surface area contributed by atoms with E-state index in [9.17, 15) is 5.11 Å². The topological polar surface area (TPSA) is 35.5 Å². The van der Waals surface area contributed by atoms with Crippen LogP contribution in [0.15, 0.2) is 0 Å². The van der Waals surface area contributed by atoms with Crippen molar-refractivity contribution in [3.63, 3.8) is 0 Å². The Morgan fingerprint density at radius 1 is 1.14 bits per heavy atom. The van der Waals surface area contributed by atoms with Crippen LogP contribution >= 0.6 is 0 Å². The number of likely N-dealkylation sites (tertiary alicyclic amines) is 1. The summed E-state index contributed by atoms with van der Waals surface area (Å²) in [6, 6.07) is 0.704. The van der Waals surface area contributed by atoms with Gasteiger partial charge in [0.25, 0.3) is 0 Å². The Morgan fingerprint density at radius 2 is 1.90 bits per heavy atom. The summed E-state index contributed by atoms with van der Waals surface area (Å²) in [4.78, 5) is 2.61. The molecule has 5 atom stereocenters. The van der Waals surface area contributed by atoms with E-state index in [0.717, 1.165) is 30.8 Å². The second kappa shape index (κ2) is 7.94. The van der Waals surface area contributed by atoms with Gasteiger partial charge in [-0.3, -0.25) is 0 Å². The third-order valence-electron chi connectivity index (χ3n) is 5.92. The number of nitrogens with one attached hydrogen (secondary N) is 1. The van der Waals surface area contributed by atoms with Gasteiger partial charge in [-0.1, -0.05) is 20.8 Å². The molecule has 1 saturated heterocycles. The lowest BCUT2D eigenvalue weighted by atomic mass is 9.73. The average Bonchev–Trinajstić information content (AvgIpc) is 2.89. The van der Waals surface area contributed by atoms with Gasteiger partial charge in [-0.15, -0.1) is 0 Å². The molecule has 124 valence electrons. The van der Waals surface area contributed by atoms with Crippen LogP contribution in [0, 0.1) is 23.7 Å². The molecule has 0 spiro atoms. The van der Waals surface area contributed by atoms with Gasteiger partial charge in [0, 0.05) is 19.1 Å². The summed E-state index contributed by atoms with van der Waals surface area (Å²) < 4.78 is 0. The van der Waals surface area contributed by atoms with Gasteiger partial charge >= 0.3 is 0 Å². The standard InChI is InChI=1S/C18H36N2O/c1-5-19-18-7-6-15(13(2)3)10-17(18)12-20-9-8-16(11-20)14(4)21/h13-19,21H,5-12H2,1-4H3. The molecular weight excluding hydrogens is 260 g/mol. The summed E-state index contributed by atoms with van der Waals surface area (Å²) in [7, 11) is 0. The zero-order valence-corrected chi connectivity index (χ0v) is 14.5. The lowest BCUT2D eigenvalue weighted by Crippen LogP contribution is -2.46. The molecule has 0 aromatic rings. The minimum atomic E-state index is -0.144. The molecule has 0 aromatic heterocycles. The number of aliphatic hydroxyl groups is 1. The van der Waals surface area contributed by atoms with Crippen LogP contribution in [0.1, 0.15) is 53.4 Å². The first-order valence-electron chi connectivity index (χ1n) is 9.15. The fourth-order valence-corrected chi connectivity index (χ4v) is 4.39. The molecule has 1 saturated carbocycles. The van der Waals surface area contributed by atoms with Gasteiger partial charge in [0.1, 0.15) is 0 Å². The summed E-state index contributed by atoms with van der Waals surface area (Å²) in [5, 5.41) is 13.5. The number of hydrogen-bond donors (Lipinski definition) is 2. The van der Waals surface area contributed by atoms with E-state index in [1.165, 1.54) is 38.8 Å². The highest BCUT2D eigenvalue weighted by atomic mass is 16.3. The van der Waals surface area contributed by atoms with Crippen LogP contribution in [0.25, 0.3) is 0 Å². The molecule has 3 heteroatoms. The van der Waals surface area contributed by atoms with E-state index in [1.54, 1.807) is 0 Å². The zero-order valence-electron chi connectivity index (χ0n) is 14.5. The van der Waals surface area contributed by atoms with Crippen LogP contribution in [-0.2, 0) is 0 Å². The van der Waals surface area contributed by atoms with E-state index < -0.39 is 0 Å². The molecule has 21 heavy (non-hydrogen) atoms. The lowest BCUT2D eigenvalue weighted by Gasteiger charge is -2.40. The monoisotopic (exact) mass is 296 g/mol. The second-order valence-electron chi connectivity index (χ2n) is 7.79. The molecule has 0 amide bonds. The van der Waals surface area contributed by atoms with Crippen molar-refractivity contribution in [1.82, 2.24) is 10.2 Å². The molecule has 3 nitrogen and oxygen atoms in total. The minimum Gasteiger partial charge on any atom is -0.393 e. The SMILES string of the molecule is CCNC1CCC(C(C)C)CC1CN1CCC(C(C)O)C1. The van der Waals surface area contributed by atoms with Crippen LogP contribution in [0.3, 0.4) is 0 Å². The van der Waals surface area contributed by atoms with Crippen molar-refractivity contribution >= 4 is 0 Å². The Balaban J connectivity index is 1.90. The van der Waals surface area contributed by atoms with Gasteiger partial charge in [0.05, 0.1) is 6.10 Å². The molecule has 2 N–H and O–H groups in total. The van der Waals surface area contributed by atoms with Gasteiger partial charge in [-0.25, -0.2) is 0 Å². The van der Waals surface area contributed by atoms with Crippen molar-refractivity contribution in [3.05, 3.63) is 0 Å². The molecule has 1 aliphatic heterocycles. The van der Waals surface area contributed by atoms with Gasteiger partial charge in [0.15, 0.2) is 0 Å². The lowest BCUT2D eigenvalue weighted by molar-refractivity contribution is 0.110. The molecular formula is C18H36N2O. The van der Waals surface area contributed by atoms with Crippen LogP contribution in [0.5, 0.6) is 0 Å². The predicted octanol–water partition coefficient (Wildman–Crippen LogP) is 2.74. The van der Waals surface area contributed by atoms with Gasteiger partial charge in [-0.2, -0.15) is 0 Å². The number of nitrogens with zero attached hydrogens (tertiary/aromatic N) is 1. The van der Waals surface area contributed by atoms with E-state index in [0.29, 0.717) is 12.0 Å². The van der Waals surface area contributed by atoms with Crippen molar-refractivity contribution in [2.45, 2.75) is 65.5 Å². The van der Waals surface area contributed by atoms with Crippen molar-refractivity contribution in [2.75, 3.05) is 26.2 Å². The average molecular weight is 296 g/mol. The molecule has 2 aliphatic rings. The Bertz CT molecular complexity index is 306. The van der Waals surface area contributed by atoms with Crippen LogP contribution in [0.4, 0.5) is 0 Å². The molecule has 1 heterocycles. The summed E-state index contributed by atoms with van der Waals surface area (Å²) in [6.45, 7) is 13.5. The number of hydrogen-bond acceptors (Lipinski definition) is 3. The third kappa shape index (κ3) is 4.67. The second-order valence-corrected chi connectivity index (χ2v) is 7.79. The highest BCUT2D eigenvalue weighted by Gasteiger charge is 2.34. The third-order valence-corrected chi connectivity index (χ3v) is 5.92. The maximum absolute atomic E-state index is 9.79. The Kier molecular flexibility index (Phi) is 6.51. The first kappa shape index (κ1) is 17.2. The van der Waals surface area contributed by atoms with Gasteiger partial charge in [0.2, 0.25) is 0 Å². The minimum absolute atomic E-state index is 0.144. The van der Waals surface area contributed by atoms with Crippen molar-refractivity contribution in [3.8, 4) is 0 Å². The molecule has 0 bridgehead atoms. The fraction of sp³-hybridized carbons (Fsp3) is 1.00. The van der Waals surface area contributed by atoms with Crippen LogP contribution in [0.2, 0.25) is 0 Å². The van der Waals surface area contributed by atoms with E-state index in [4.69, 9.17) is 0 Å². The number of rotatable bonds is 6.